The molecule has 1 amide bonds. The number of carbonyl (C=O) groups excluding carboxylic acids is 1. The van der Waals surface area contributed by atoms with Crippen molar-refractivity contribution in [2.24, 2.45) is 0 Å². The van der Waals surface area contributed by atoms with Crippen LogP contribution in [0.4, 0.5) is 0 Å². The predicted octanol–water partition coefficient (Wildman–Crippen LogP) is 2.27. The molecule has 5 nitrogen and oxygen atoms in total. The summed E-state index contributed by atoms with van der Waals surface area (Å²) in [5, 5.41) is 8.55. The van der Waals surface area contributed by atoms with E-state index in [2.05, 4.69) is 0 Å². The summed E-state index contributed by atoms with van der Waals surface area (Å²) >= 11 is 0. The number of nitrogens with zero attached hydrogens (tertiary/aromatic N) is 1. The highest BCUT2D eigenvalue weighted by Crippen LogP contribution is 2.18. The quantitative estimate of drug-likeness (QED) is 0.888. The Hall–Kier alpha value is -2.04. The van der Waals surface area contributed by atoms with Crippen LogP contribution in [0, 0.1) is 0 Å². The first-order valence-corrected chi connectivity index (χ1v) is 6.16. The van der Waals surface area contributed by atoms with Crippen molar-refractivity contribution in [3.05, 3.63) is 29.8 Å². The number of hydrogen-bond donors (Lipinski definition) is 1. The second-order valence-electron chi connectivity index (χ2n) is 3.57. The maximum absolute atomic E-state index is 12.0. The lowest BCUT2D eigenvalue weighted by Crippen LogP contribution is -2.29. The Morgan fingerprint density at radius 3 is 2.37 bits per heavy atom. The largest absolute Gasteiger partial charge is 0.496 e. The monoisotopic (exact) mass is 267 g/mol. The van der Waals surface area contributed by atoms with Gasteiger partial charge in [-0.25, -0.2) is 0 Å². The van der Waals surface area contributed by atoms with Gasteiger partial charge in [0.2, 0.25) is 0 Å². The van der Waals surface area contributed by atoms with Gasteiger partial charge < -0.3 is 14.7 Å². The predicted molar refractivity (Wildman–Crippen MR) is 73.6 cm³/mol. The number of hydrogen-bond acceptors (Lipinski definition) is 3. The van der Waals surface area contributed by atoms with Crippen molar-refractivity contribution in [1.29, 1.82) is 0 Å². The molecule has 0 aliphatic carbocycles. The maximum Gasteiger partial charge on any atom is 0.305 e. The fourth-order valence-electron chi connectivity index (χ4n) is 1.39. The highest BCUT2D eigenvalue weighted by molar-refractivity contribution is 5.96. The number of carbonyl (C=O) groups is 2. The Morgan fingerprint density at radius 2 is 1.84 bits per heavy atom. The number of methoxy groups -OCH3 is 1. The molecule has 0 aliphatic heterocycles. The third-order valence-electron chi connectivity index (χ3n) is 2.35. The summed E-state index contributed by atoms with van der Waals surface area (Å²) in [7, 11) is 3.06. The molecule has 0 bridgehead atoms. The number of aliphatic carboxylic acids is 1. The summed E-state index contributed by atoms with van der Waals surface area (Å²) in [4.78, 5) is 23.8. The number of para-hydroxylation sites is 1. The Labute approximate surface area is 113 Å². The number of carboxylic acids is 1. The van der Waals surface area contributed by atoms with E-state index in [1.54, 1.807) is 31.3 Å². The average Bonchev–Trinajstić information content (AvgIpc) is 2.45. The highest BCUT2D eigenvalue weighted by Gasteiger charge is 2.16. The van der Waals surface area contributed by atoms with Gasteiger partial charge in [-0.3, -0.25) is 9.59 Å². The van der Waals surface area contributed by atoms with E-state index >= 15 is 0 Å². The molecule has 0 saturated carbocycles. The molecule has 1 aromatic rings. The zero-order valence-electron chi connectivity index (χ0n) is 11.8. The van der Waals surface area contributed by atoms with Crippen LogP contribution in [0.3, 0.4) is 0 Å². The van der Waals surface area contributed by atoms with Crippen LogP contribution in [0.2, 0.25) is 0 Å². The van der Waals surface area contributed by atoms with E-state index in [0.717, 1.165) is 0 Å². The van der Waals surface area contributed by atoms with E-state index in [-0.39, 0.29) is 18.9 Å². The van der Waals surface area contributed by atoms with E-state index in [0.29, 0.717) is 11.3 Å². The summed E-state index contributed by atoms with van der Waals surface area (Å²) in [6.45, 7) is 4.17. The molecule has 1 aromatic carbocycles. The van der Waals surface area contributed by atoms with Crippen LogP contribution in [0.15, 0.2) is 24.3 Å². The van der Waals surface area contributed by atoms with E-state index in [1.165, 1.54) is 12.0 Å². The van der Waals surface area contributed by atoms with Crippen LogP contribution in [0.25, 0.3) is 0 Å². The topological polar surface area (TPSA) is 66.8 Å². The molecule has 19 heavy (non-hydrogen) atoms. The second-order valence-corrected chi connectivity index (χ2v) is 3.57. The molecule has 0 aliphatic rings. The van der Waals surface area contributed by atoms with Crippen molar-refractivity contribution >= 4 is 11.9 Å². The molecule has 0 spiro atoms. The fourth-order valence-corrected chi connectivity index (χ4v) is 1.39. The van der Waals surface area contributed by atoms with Crippen LogP contribution in [-0.4, -0.2) is 42.6 Å². The number of rotatable bonds is 5. The Balaban J connectivity index is 0.00000154. The van der Waals surface area contributed by atoms with Crippen LogP contribution < -0.4 is 4.74 Å². The van der Waals surface area contributed by atoms with Gasteiger partial charge in [0.25, 0.3) is 5.91 Å². The Kier molecular flexibility index (Phi) is 8.00. The molecule has 106 valence electrons. The summed E-state index contributed by atoms with van der Waals surface area (Å²) in [6, 6.07) is 6.85. The van der Waals surface area contributed by atoms with Crippen molar-refractivity contribution in [3.8, 4) is 5.75 Å². The van der Waals surface area contributed by atoms with Crippen molar-refractivity contribution < 1.29 is 19.4 Å². The summed E-state index contributed by atoms with van der Waals surface area (Å²) in [6.07, 6.45) is -0.0720. The first-order chi connectivity index (χ1) is 9.06. The maximum atomic E-state index is 12.0. The average molecular weight is 267 g/mol. The van der Waals surface area contributed by atoms with Gasteiger partial charge in [0.15, 0.2) is 0 Å². The van der Waals surface area contributed by atoms with E-state index in [9.17, 15) is 9.59 Å². The zero-order chi connectivity index (χ0) is 14.8. The molecule has 5 heteroatoms. The van der Waals surface area contributed by atoms with Crippen LogP contribution in [-0.2, 0) is 4.79 Å². The molecule has 0 heterocycles. The van der Waals surface area contributed by atoms with E-state index < -0.39 is 5.97 Å². The normalized spacial score (nSPS) is 9.05. The second kappa shape index (κ2) is 8.97. The van der Waals surface area contributed by atoms with Crippen molar-refractivity contribution in [3.63, 3.8) is 0 Å². The lowest BCUT2D eigenvalue weighted by Gasteiger charge is -2.17. The summed E-state index contributed by atoms with van der Waals surface area (Å²) in [5.41, 5.74) is 0.433. The SMILES string of the molecule is CC.COc1ccccc1C(=O)N(C)CCC(=O)O. The lowest BCUT2D eigenvalue weighted by molar-refractivity contribution is -0.137. The number of benzene rings is 1. The van der Waals surface area contributed by atoms with Gasteiger partial charge in [0.05, 0.1) is 19.1 Å². The van der Waals surface area contributed by atoms with Crippen LogP contribution in [0.5, 0.6) is 5.75 Å². The van der Waals surface area contributed by atoms with E-state index in [1.807, 2.05) is 13.8 Å². The van der Waals surface area contributed by atoms with Gasteiger partial charge in [-0.05, 0) is 12.1 Å². The molecule has 0 aromatic heterocycles. The van der Waals surface area contributed by atoms with Crippen molar-refractivity contribution in [2.45, 2.75) is 20.3 Å². The Bertz CT molecular complexity index is 418. The molecule has 1 N–H and O–H groups in total. The van der Waals surface area contributed by atoms with Gasteiger partial charge >= 0.3 is 5.97 Å². The molecule has 0 unspecified atom stereocenters. The van der Waals surface area contributed by atoms with Gasteiger partial charge in [0, 0.05) is 13.6 Å². The third kappa shape index (κ3) is 5.42. The molecule has 0 atom stereocenters. The van der Waals surface area contributed by atoms with Crippen LogP contribution in [0.1, 0.15) is 30.6 Å². The first-order valence-electron chi connectivity index (χ1n) is 6.16. The number of carboxylic acid groups (broad SMARTS) is 1. The molecular formula is C14H21NO4. The van der Waals surface area contributed by atoms with Crippen molar-refractivity contribution in [2.75, 3.05) is 20.7 Å². The van der Waals surface area contributed by atoms with Crippen molar-refractivity contribution in [1.82, 2.24) is 4.90 Å². The minimum atomic E-state index is -0.926. The minimum absolute atomic E-state index is 0.0720. The molecular weight excluding hydrogens is 246 g/mol. The molecule has 1 rings (SSSR count). The summed E-state index contributed by atoms with van der Waals surface area (Å²) in [5.74, 6) is -0.687. The van der Waals surface area contributed by atoms with Gasteiger partial charge in [-0.1, -0.05) is 26.0 Å². The summed E-state index contributed by atoms with van der Waals surface area (Å²) < 4.78 is 5.08. The third-order valence-corrected chi connectivity index (χ3v) is 2.35. The fraction of sp³-hybridized carbons (Fsp3) is 0.429. The highest BCUT2D eigenvalue weighted by atomic mass is 16.5. The smallest absolute Gasteiger partial charge is 0.305 e. The number of amides is 1. The Morgan fingerprint density at radius 1 is 1.26 bits per heavy atom. The number of ether oxygens (including phenoxy) is 1. The van der Waals surface area contributed by atoms with Gasteiger partial charge in [-0.2, -0.15) is 0 Å². The van der Waals surface area contributed by atoms with Gasteiger partial charge in [-0.15, -0.1) is 0 Å². The standard InChI is InChI=1S/C12H15NO4.C2H6/c1-13(8-7-11(14)15)12(16)9-5-3-4-6-10(9)17-2;1-2/h3-6H,7-8H2,1-2H3,(H,14,15);1-2H3. The van der Waals surface area contributed by atoms with E-state index in [4.69, 9.17) is 9.84 Å². The van der Waals surface area contributed by atoms with Gasteiger partial charge in [0.1, 0.15) is 5.75 Å². The minimum Gasteiger partial charge on any atom is -0.496 e. The first kappa shape index (κ1) is 17.0. The van der Waals surface area contributed by atoms with Crippen LogP contribution >= 0.6 is 0 Å². The lowest BCUT2D eigenvalue weighted by atomic mass is 10.1. The molecule has 0 fully saturated rings. The molecule has 0 radical (unpaired) electrons. The zero-order valence-corrected chi connectivity index (χ0v) is 11.8. The molecule has 0 saturated heterocycles.